The van der Waals surface area contributed by atoms with Gasteiger partial charge in [-0.15, -0.1) is 12.6 Å². The fraction of sp³-hybridized carbons (Fsp3) is 0.111. The van der Waals surface area contributed by atoms with Crippen molar-refractivity contribution in [3.8, 4) is 22.3 Å². The van der Waals surface area contributed by atoms with E-state index < -0.39 is 11.6 Å². The number of rotatable bonds is 5. The smallest absolute Gasteiger partial charge is 0.129 e. The van der Waals surface area contributed by atoms with Crippen LogP contribution < -0.4 is 0 Å². The van der Waals surface area contributed by atoms with Gasteiger partial charge in [0.15, 0.2) is 0 Å². The molecule has 4 rings (SSSR count). The van der Waals surface area contributed by atoms with E-state index in [2.05, 4.69) is 49.0 Å². The molecule has 0 fully saturated rings. The summed E-state index contributed by atoms with van der Waals surface area (Å²) in [5.41, 5.74) is 6.27. The molecule has 150 valence electrons. The first-order valence-electron chi connectivity index (χ1n) is 9.93. The van der Waals surface area contributed by atoms with E-state index in [1.54, 1.807) is 0 Å². The van der Waals surface area contributed by atoms with Gasteiger partial charge >= 0.3 is 0 Å². The highest BCUT2D eigenvalue weighted by Gasteiger charge is 2.08. The molecule has 0 aliphatic carbocycles. The molecule has 30 heavy (non-hydrogen) atoms. The maximum atomic E-state index is 13.8. The van der Waals surface area contributed by atoms with Gasteiger partial charge in [-0.25, -0.2) is 8.78 Å². The second kappa shape index (κ2) is 8.85. The summed E-state index contributed by atoms with van der Waals surface area (Å²) in [6, 6.07) is 27.4. The number of benzene rings is 4. The molecule has 4 aromatic carbocycles. The minimum Gasteiger partial charge on any atom is -0.207 e. The van der Waals surface area contributed by atoms with Crippen LogP contribution >= 0.6 is 12.6 Å². The fourth-order valence-electron chi connectivity index (χ4n) is 3.48. The van der Waals surface area contributed by atoms with Gasteiger partial charge in [-0.3, -0.25) is 0 Å². The molecular formula is C27H22F2S. The van der Waals surface area contributed by atoms with Crippen molar-refractivity contribution in [3.05, 3.63) is 113 Å². The molecule has 0 N–H and O–H groups in total. The van der Waals surface area contributed by atoms with Crippen LogP contribution in [0.25, 0.3) is 22.3 Å². The first kappa shape index (κ1) is 20.4. The lowest BCUT2D eigenvalue weighted by molar-refractivity contribution is 0.569. The van der Waals surface area contributed by atoms with Crippen LogP contribution in [0.4, 0.5) is 8.78 Å². The fourth-order valence-corrected chi connectivity index (χ4v) is 3.63. The second-order valence-electron chi connectivity index (χ2n) is 7.51. The molecule has 0 nitrogen and oxygen atoms in total. The Kier molecular flexibility index (Phi) is 6.01. The van der Waals surface area contributed by atoms with Crippen LogP contribution in [0.1, 0.15) is 16.7 Å². The lowest BCUT2D eigenvalue weighted by atomic mass is 9.98. The topological polar surface area (TPSA) is 0 Å². The molecule has 0 bridgehead atoms. The lowest BCUT2D eigenvalue weighted by Gasteiger charge is -2.08. The maximum Gasteiger partial charge on any atom is 0.129 e. The van der Waals surface area contributed by atoms with Gasteiger partial charge in [0, 0.05) is 10.5 Å². The summed E-state index contributed by atoms with van der Waals surface area (Å²) in [7, 11) is 0. The lowest BCUT2D eigenvalue weighted by Crippen LogP contribution is -1.93. The van der Waals surface area contributed by atoms with E-state index in [1.165, 1.54) is 41.3 Å². The molecule has 0 unspecified atom stereocenters. The zero-order chi connectivity index (χ0) is 21.1. The first-order valence-corrected chi connectivity index (χ1v) is 10.4. The second-order valence-corrected chi connectivity index (χ2v) is 8.02. The Hall–Kier alpha value is -2.91. The van der Waals surface area contributed by atoms with E-state index in [0.29, 0.717) is 5.56 Å². The summed E-state index contributed by atoms with van der Waals surface area (Å²) in [6.07, 6.45) is 1.84. The summed E-state index contributed by atoms with van der Waals surface area (Å²) in [4.78, 5) is 0.957. The van der Waals surface area contributed by atoms with Crippen molar-refractivity contribution in [2.75, 3.05) is 0 Å². The van der Waals surface area contributed by atoms with Gasteiger partial charge in [0.1, 0.15) is 11.6 Å². The third kappa shape index (κ3) is 4.63. The van der Waals surface area contributed by atoms with Crippen molar-refractivity contribution in [2.24, 2.45) is 0 Å². The molecule has 0 saturated carbocycles. The Balaban J connectivity index is 1.41. The minimum absolute atomic E-state index is 0.0557. The van der Waals surface area contributed by atoms with Gasteiger partial charge in [0.05, 0.1) is 0 Å². The predicted molar refractivity (Wildman–Crippen MR) is 123 cm³/mol. The van der Waals surface area contributed by atoms with E-state index in [-0.39, 0.29) is 5.56 Å². The Labute approximate surface area is 181 Å². The zero-order valence-corrected chi connectivity index (χ0v) is 17.6. The highest BCUT2D eigenvalue weighted by molar-refractivity contribution is 7.80. The number of thiol groups is 1. The van der Waals surface area contributed by atoms with Crippen LogP contribution in [0.5, 0.6) is 0 Å². The quantitative estimate of drug-likeness (QED) is 0.317. The molecule has 0 saturated heterocycles. The van der Waals surface area contributed by atoms with Gasteiger partial charge in [-0.2, -0.15) is 0 Å². The van der Waals surface area contributed by atoms with E-state index in [4.69, 9.17) is 0 Å². The Morgan fingerprint density at radius 3 is 1.37 bits per heavy atom. The van der Waals surface area contributed by atoms with Gasteiger partial charge in [0.2, 0.25) is 0 Å². The predicted octanol–water partition coefficient (Wildman–Crippen LogP) is 7.68. The van der Waals surface area contributed by atoms with Crippen molar-refractivity contribution in [1.82, 2.24) is 0 Å². The zero-order valence-electron chi connectivity index (χ0n) is 16.7. The van der Waals surface area contributed by atoms with Crippen LogP contribution in [-0.2, 0) is 12.8 Å². The van der Waals surface area contributed by atoms with Crippen LogP contribution in [0.2, 0.25) is 0 Å². The van der Waals surface area contributed by atoms with Gasteiger partial charge < -0.3 is 0 Å². The average molecular weight is 417 g/mol. The molecule has 0 amide bonds. The van der Waals surface area contributed by atoms with Crippen LogP contribution in [0, 0.1) is 18.6 Å². The monoisotopic (exact) mass is 416 g/mol. The normalized spacial score (nSPS) is 10.9. The minimum atomic E-state index is -0.515. The molecule has 0 aliphatic rings. The summed E-state index contributed by atoms with van der Waals surface area (Å²) in [5.74, 6) is -1.03. The first-order chi connectivity index (χ1) is 14.5. The van der Waals surface area contributed by atoms with Crippen molar-refractivity contribution in [2.45, 2.75) is 24.7 Å². The van der Waals surface area contributed by atoms with Gasteiger partial charge in [0.25, 0.3) is 0 Å². The number of hydrogen-bond acceptors (Lipinski definition) is 1. The summed E-state index contributed by atoms with van der Waals surface area (Å²) < 4.78 is 27.6. The Morgan fingerprint density at radius 2 is 0.933 bits per heavy atom. The average Bonchev–Trinajstić information content (AvgIpc) is 2.77. The third-order valence-electron chi connectivity index (χ3n) is 5.43. The standard InChI is InChI=1S/C27H22F2S/c1-18-26(28)16-24(17-27(18)29)23-10-6-20(7-11-23)3-2-19-4-8-21(9-5-19)22-12-14-25(30)15-13-22/h4-17,30H,2-3H2,1H3. The molecule has 3 heteroatoms. The Morgan fingerprint density at radius 1 is 0.567 bits per heavy atom. The van der Waals surface area contributed by atoms with E-state index in [1.807, 2.05) is 36.4 Å². The van der Waals surface area contributed by atoms with Crippen LogP contribution in [0.3, 0.4) is 0 Å². The molecule has 0 atom stereocenters. The molecule has 0 radical (unpaired) electrons. The number of aryl methyl sites for hydroxylation is 2. The number of halogens is 2. The van der Waals surface area contributed by atoms with Gasteiger partial charge in [-0.05, 0) is 77.4 Å². The van der Waals surface area contributed by atoms with Gasteiger partial charge in [-0.1, -0.05) is 60.7 Å². The summed E-state index contributed by atoms with van der Waals surface area (Å²) in [6.45, 7) is 1.45. The molecule has 0 aromatic heterocycles. The van der Waals surface area contributed by atoms with Crippen LogP contribution in [0.15, 0.2) is 89.8 Å². The molecular weight excluding hydrogens is 394 g/mol. The third-order valence-corrected chi connectivity index (χ3v) is 5.72. The largest absolute Gasteiger partial charge is 0.207 e. The summed E-state index contributed by atoms with van der Waals surface area (Å²) in [5, 5.41) is 0. The van der Waals surface area contributed by atoms with Crippen molar-refractivity contribution in [1.29, 1.82) is 0 Å². The maximum absolute atomic E-state index is 13.8. The SMILES string of the molecule is Cc1c(F)cc(-c2ccc(CCc3ccc(-c4ccc(S)cc4)cc3)cc2)cc1F. The van der Waals surface area contributed by atoms with Crippen molar-refractivity contribution in [3.63, 3.8) is 0 Å². The van der Waals surface area contributed by atoms with E-state index in [0.717, 1.165) is 23.3 Å². The molecule has 0 spiro atoms. The molecule has 0 heterocycles. The summed E-state index contributed by atoms with van der Waals surface area (Å²) >= 11 is 4.33. The van der Waals surface area contributed by atoms with Crippen molar-refractivity contribution < 1.29 is 8.78 Å². The highest BCUT2D eigenvalue weighted by Crippen LogP contribution is 2.25. The Bertz CT molecular complexity index is 1120. The van der Waals surface area contributed by atoms with Crippen molar-refractivity contribution >= 4 is 12.6 Å². The van der Waals surface area contributed by atoms with E-state index in [9.17, 15) is 8.78 Å². The molecule has 4 aromatic rings. The molecule has 0 aliphatic heterocycles. The van der Waals surface area contributed by atoms with E-state index >= 15 is 0 Å². The van der Waals surface area contributed by atoms with Crippen LogP contribution in [-0.4, -0.2) is 0 Å². The number of hydrogen-bond donors (Lipinski definition) is 1. The highest BCUT2D eigenvalue weighted by atomic mass is 32.1.